The van der Waals surface area contributed by atoms with Gasteiger partial charge in [0.15, 0.2) is 0 Å². The lowest BCUT2D eigenvalue weighted by atomic mass is 9.96. The van der Waals surface area contributed by atoms with Crippen LogP contribution in [0.15, 0.2) is 77.9 Å². The fourth-order valence-electron chi connectivity index (χ4n) is 3.80. The van der Waals surface area contributed by atoms with Crippen molar-refractivity contribution in [3.05, 3.63) is 94.9 Å². The molecule has 31 heavy (non-hydrogen) atoms. The van der Waals surface area contributed by atoms with E-state index >= 15 is 0 Å². The lowest BCUT2D eigenvalue weighted by Gasteiger charge is -2.21. The van der Waals surface area contributed by atoms with E-state index in [2.05, 4.69) is 59.0 Å². The molecule has 0 aliphatic carbocycles. The van der Waals surface area contributed by atoms with E-state index in [1.165, 1.54) is 0 Å². The average molecular weight is 429 g/mol. The highest BCUT2D eigenvalue weighted by Gasteiger charge is 2.19. The topological polar surface area (TPSA) is 41.4 Å². The van der Waals surface area contributed by atoms with Crippen molar-refractivity contribution in [2.24, 2.45) is 4.99 Å². The van der Waals surface area contributed by atoms with Crippen molar-refractivity contribution >= 4 is 39.6 Å². The van der Waals surface area contributed by atoms with Gasteiger partial charge in [0.2, 0.25) is 5.28 Å². The van der Waals surface area contributed by atoms with Crippen LogP contribution in [0.5, 0.6) is 0 Å². The summed E-state index contributed by atoms with van der Waals surface area (Å²) in [6.07, 6.45) is 1.80. The first-order valence-electron chi connectivity index (χ1n) is 10.3. The molecule has 1 aromatic heterocycles. The predicted molar refractivity (Wildman–Crippen MR) is 131 cm³/mol. The van der Waals surface area contributed by atoms with Gasteiger partial charge >= 0.3 is 0 Å². The second-order valence-corrected chi connectivity index (χ2v) is 8.31. The van der Waals surface area contributed by atoms with E-state index < -0.39 is 0 Å². The molecule has 0 saturated carbocycles. The van der Waals surface area contributed by atoms with Crippen LogP contribution in [0.3, 0.4) is 0 Å². The number of fused-ring (bicyclic) bond motifs is 1. The molecule has 4 aromatic rings. The maximum atomic E-state index is 6.21. The molecule has 0 aliphatic rings. The summed E-state index contributed by atoms with van der Waals surface area (Å²) < 4.78 is 0. The van der Waals surface area contributed by atoms with Gasteiger partial charge in [-0.15, -0.1) is 0 Å². The van der Waals surface area contributed by atoms with Crippen LogP contribution in [0, 0.1) is 0 Å². The van der Waals surface area contributed by atoms with Gasteiger partial charge < -0.3 is 4.90 Å². The zero-order chi connectivity index (χ0) is 22.0. The standard InChI is InChI=1S/C26H25ClN4/c1-17(2)23-21(15-22(31(3)4)20-16-28-26(27)30-25(20)23)29-24(18-11-7-5-8-12-18)19-13-9-6-10-14-19/h5-17H,1-4H3. The SMILES string of the molecule is CC(C)c1c(N=C(c2ccccc2)c2ccccc2)cc(N(C)C)c2cnc(Cl)nc12. The summed E-state index contributed by atoms with van der Waals surface area (Å²) in [6.45, 7) is 4.31. The Morgan fingerprint density at radius 1 is 0.935 bits per heavy atom. The van der Waals surface area contributed by atoms with Gasteiger partial charge in [0.05, 0.1) is 16.9 Å². The molecule has 3 aromatic carbocycles. The predicted octanol–water partition coefficient (Wildman–Crippen LogP) is 6.64. The van der Waals surface area contributed by atoms with E-state index in [1.54, 1.807) is 6.20 Å². The van der Waals surface area contributed by atoms with E-state index in [4.69, 9.17) is 16.6 Å². The molecule has 0 spiro atoms. The molecule has 5 heteroatoms. The fraction of sp³-hybridized carbons (Fsp3) is 0.192. The van der Waals surface area contributed by atoms with Gasteiger partial charge in [-0.25, -0.2) is 15.0 Å². The van der Waals surface area contributed by atoms with Gasteiger partial charge in [0.25, 0.3) is 0 Å². The third-order valence-electron chi connectivity index (χ3n) is 5.23. The number of halogens is 1. The first kappa shape index (κ1) is 21.0. The minimum Gasteiger partial charge on any atom is -0.377 e. The fourth-order valence-corrected chi connectivity index (χ4v) is 3.93. The minimum atomic E-state index is 0.205. The Hall–Kier alpha value is -3.24. The molecule has 0 fully saturated rings. The maximum Gasteiger partial charge on any atom is 0.222 e. The lowest BCUT2D eigenvalue weighted by molar-refractivity contribution is 0.871. The first-order valence-corrected chi connectivity index (χ1v) is 10.7. The van der Waals surface area contributed by atoms with Crippen molar-refractivity contribution in [2.45, 2.75) is 19.8 Å². The molecule has 0 radical (unpaired) electrons. The summed E-state index contributed by atoms with van der Waals surface area (Å²) in [7, 11) is 4.03. The number of rotatable bonds is 5. The molecule has 0 aliphatic heterocycles. The Bertz CT molecular complexity index is 1190. The van der Waals surface area contributed by atoms with Crippen molar-refractivity contribution in [1.29, 1.82) is 0 Å². The van der Waals surface area contributed by atoms with Crippen LogP contribution in [0.4, 0.5) is 11.4 Å². The summed E-state index contributed by atoms with van der Waals surface area (Å²) in [4.78, 5) is 16.1. The van der Waals surface area contributed by atoms with Crippen LogP contribution < -0.4 is 4.90 Å². The zero-order valence-electron chi connectivity index (χ0n) is 18.2. The Morgan fingerprint density at radius 2 is 1.52 bits per heavy atom. The first-order chi connectivity index (χ1) is 15.0. The van der Waals surface area contributed by atoms with E-state index in [9.17, 15) is 0 Å². The van der Waals surface area contributed by atoms with Crippen molar-refractivity contribution < 1.29 is 0 Å². The van der Waals surface area contributed by atoms with Crippen molar-refractivity contribution in [3.8, 4) is 0 Å². The van der Waals surface area contributed by atoms with Crippen LogP contribution in [0.2, 0.25) is 5.28 Å². The summed E-state index contributed by atoms with van der Waals surface area (Å²) in [5.41, 5.74) is 6.87. The quantitative estimate of drug-likeness (QED) is 0.264. The number of hydrogen-bond donors (Lipinski definition) is 0. The summed E-state index contributed by atoms with van der Waals surface area (Å²) in [5.74, 6) is 0.205. The molecule has 0 unspecified atom stereocenters. The van der Waals surface area contributed by atoms with E-state index in [-0.39, 0.29) is 11.2 Å². The van der Waals surface area contributed by atoms with Gasteiger partial charge in [-0.05, 0) is 23.6 Å². The van der Waals surface area contributed by atoms with Crippen LogP contribution in [0.25, 0.3) is 10.9 Å². The number of benzene rings is 3. The van der Waals surface area contributed by atoms with Crippen molar-refractivity contribution in [2.75, 3.05) is 19.0 Å². The van der Waals surface area contributed by atoms with Gasteiger partial charge in [0.1, 0.15) is 0 Å². The highest BCUT2D eigenvalue weighted by atomic mass is 35.5. The maximum absolute atomic E-state index is 6.21. The Labute approximate surface area is 188 Å². The monoisotopic (exact) mass is 428 g/mol. The van der Waals surface area contributed by atoms with E-state index in [0.29, 0.717) is 0 Å². The highest BCUT2D eigenvalue weighted by molar-refractivity contribution is 6.28. The van der Waals surface area contributed by atoms with E-state index in [1.807, 2.05) is 50.5 Å². The molecular weight excluding hydrogens is 404 g/mol. The molecule has 1 heterocycles. The number of nitrogens with zero attached hydrogens (tertiary/aromatic N) is 4. The summed E-state index contributed by atoms with van der Waals surface area (Å²) in [5, 5.41) is 1.21. The Kier molecular flexibility index (Phi) is 6.01. The van der Waals surface area contributed by atoms with Gasteiger partial charge in [-0.2, -0.15) is 0 Å². The molecule has 0 bridgehead atoms. The normalized spacial score (nSPS) is 11.0. The minimum absolute atomic E-state index is 0.205. The lowest BCUT2D eigenvalue weighted by Crippen LogP contribution is -2.11. The van der Waals surface area contributed by atoms with E-state index in [0.717, 1.165) is 44.7 Å². The van der Waals surface area contributed by atoms with Gasteiger partial charge in [0, 0.05) is 48.1 Å². The van der Waals surface area contributed by atoms with Crippen LogP contribution in [-0.2, 0) is 0 Å². The number of aromatic nitrogens is 2. The molecule has 4 rings (SSSR count). The average Bonchev–Trinajstić information content (AvgIpc) is 2.77. The third kappa shape index (κ3) is 4.30. The van der Waals surface area contributed by atoms with Crippen molar-refractivity contribution in [3.63, 3.8) is 0 Å². The molecular formula is C26H25ClN4. The molecule has 0 saturated heterocycles. The zero-order valence-corrected chi connectivity index (χ0v) is 18.9. The Morgan fingerprint density at radius 3 is 2.03 bits per heavy atom. The van der Waals surface area contributed by atoms with Crippen LogP contribution in [-0.4, -0.2) is 29.8 Å². The highest BCUT2D eigenvalue weighted by Crippen LogP contribution is 2.39. The summed E-state index contributed by atoms with van der Waals surface area (Å²) >= 11 is 6.21. The molecule has 0 atom stereocenters. The van der Waals surface area contributed by atoms with Crippen LogP contribution in [0.1, 0.15) is 36.5 Å². The smallest absolute Gasteiger partial charge is 0.222 e. The largest absolute Gasteiger partial charge is 0.377 e. The number of anilines is 1. The second-order valence-electron chi connectivity index (χ2n) is 7.97. The molecule has 0 amide bonds. The van der Waals surface area contributed by atoms with Crippen molar-refractivity contribution in [1.82, 2.24) is 9.97 Å². The Balaban J connectivity index is 2.07. The number of hydrogen-bond acceptors (Lipinski definition) is 4. The molecule has 156 valence electrons. The van der Waals surface area contributed by atoms with Gasteiger partial charge in [-0.1, -0.05) is 74.5 Å². The van der Waals surface area contributed by atoms with Crippen LogP contribution >= 0.6 is 11.6 Å². The molecule has 0 N–H and O–H groups in total. The summed E-state index contributed by atoms with van der Waals surface area (Å²) in [6, 6.07) is 22.7. The van der Waals surface area contributed by atoms with Gasteiger partial charge in [-0.3, -0.25) is 0 Å². The third-order valence-corrected chi connectivity index (χ3v) is 5.41. The molecule has 4 nitrogen and oxygen atoms in total. The number of aliphatic imine (C=N–C) groups is 1. The second kappa shape index (κ2) is 8.86.